The number of hydrogen-bond acceptors (Lipinski definition) is 4. The van der Waals surface area contributed by atoms with Gasteiger partial charge in [0.25, 0.3) is 0 Å². The maximum absolute atomic E-state index is 11.6. The van der Waals surface area contributed by atoms with Gasteiger partial charge < -0.3 is 14.2 Å². The molecular weight excluding hydrogens is 243 g/mol. The van der Waals surface area contributed by atoms with Crippen molar-refractivity contribution in [1.82, 2.24) is 0 Å². The van der Waals surface area contributed by atoms with E-state index in [1.165, 1.54) is 7.11 Å². The molecule has 0 aromatic heterocycles. The number of carbonyl (C=O) groups excluding carboxylic acids is 1. The summed E-state index contributed by atoms with van der Waals surface area (Å²) in [6.07, 6.45) is 0.465. The van der Waals surface area contributed by atoms with Crippen LogP contribution in [0.2, 0.25) is 6.32 Å². The third-order valence-corrected chi connectivity index (χ3v) is 2.58. The Morgan fingerprint density at radius 1 is 1.37 bits per heavy atom. The third kappa shape index (κ3) is 4.19. The van der Waals surface area contributed by atoms with E-state index in [1.807, 2.05) is 13.0 Å². The van der Waals surface area contributed by atoms with E-state index >= 15 is 0 Å². The molecule has 1 aromatic carbocycles. The lowest BCUT2D eigenvalue weighted by Gasteiger charge is -2.24. The molecule has 4 nitrogen and oxygen atoms in total. The van der Waals surface area contributed by atoms with Gasteiger partial charge in [0.2, 0.25) is 0 Å². The van der Waals surface area contributed by atoms with Crippen LogP contribution < -0.4 is 9.47 Å². The van der Waals surface area contributed by atoms with Gasteiger partial charge in [0, 0.05) is 0 Å². The normalized spacial score (nSPS) is 10.9. The van der Waals surface area contributed by atoms with Crippen LogP contribution in [0.3, 0.4) is 0 Å². The molecular formula is C14H19BO4. The Balaban J connectivity index is 2.82. The molecule has 0 atom stereocenters. The largest absolute Gasteiger partial charge is 0.494 e. The molecule has 102 valence electrons. The van der Waals surface area contributed by atoms with Crippen molar-refractivity contribution in [3.8, 4) is 11.5 Å². The lowest BCUT2D eigenvalue weighted by atomic mass is 10.1. The molecule has 0 unspecified atom stereocenters. The van der Waals surface area contributed by atoms with Gasteiger partial charge >= 0.3 is 5.97 Å². The predicted molar refractivity (Wildman–Crippen MR) is 74.0 cm³/mol. The molecule has 5 heteroatoms. The molecule has 1 rings (SSSR count). The van der Waals surface area contributed by atoms with Crippen LogP contribution in [-0.4, -0.2) is 33.1 Å². The Hall–Kier alpha value is -1.65. The Kier molecular flexibility index (Phi) is 5.27. The summed E-state index contributed by atoms with van der Waals surface area (Å²) in [6, 6.07) is 5.40. The number of esters is 1. The summed E-state index contributed by atoms with van der Waals surface area (Å²) in [7, 11) is 6.71. The highest BCUT2D eigenvalue weighted by Crippen LogP contribution is 2.27. The summed E-state index contributed by atoms with van der Waals surface area (Å²) in [6.45, 7) is 5.68. The van der Waals surface area contributed by atoms with E-state index in [-0.39, 0.29) is 0 Å². The van der Waals surface area contributed by atoms with Crippen molar-refractivity contribution in [1.29, 1.82) is 0 Å². The molecule has 0 fully saturated rings. The van der Waals surface area contributed by atoms with Crippen molar-refractivity contribution in [3.63, 3.8) is 0 Å². The van der Waals surface area contributed by atoms with E-state index in [1.54, 1.807) is 26.0 Å². The minimum Gasteiger partial charge on any atom is -0.494 e. The van der Waals surface area contributed by atoms with Crippen LogP contribution in [0.25, 0.3) is 0 Å². The molecule has 19 heavy (non-hydrogen) atoms. The number of hydrogen-bond donors (Lipinski definition) is 0. The van der Waals surface area contributed by atoms with Gasteiger partial charge in [-0.3, -0.25) is 0 Å². The number of ether oxygens (including phenoxy) is 3. The highest BCUT2D eigenvalue weighted by atomic mass is 16.6. The minimum atomic E-state index is -1.03. The molecule has 0 saturated heterocycles. The minimum absolute atomic E-state index is 0.421. The fraction of sp³-hybridized carbons (Fsp3) is 0.500. The van der Waals surface area contributed by atoms with Crippen molar-refractivity contribution in [3.05, 3.63) is 23.8 Å². The zero-order chi connectivity index (χ0) is 14.5. The number of carbonyl (C=O) groups is 1. The van der Waals surface area contributed by atoms with Crippen LogP contribution in [0.5, 0.6) is 11.5 Å². The number of rotatable bonds is 6. The summed E-state index contributed by atoms with van der Waals surface area (Å²) in [5, 5.41) is 0. The molecule has 0 bridgehead atoms. The first-order valence-electron chi connectivity index (χ1n) is 6.11. The van der Waals surface area contributed by atoms with E-state index in [4.69, 9.17) is 22.1 Å². The summed E-state index contributed by atoms with van der Waals surface area (Å²) < 4.78 is 15.8. The maximum Gasteiger partial charge on any atom is 0.349 e. The maximum atomic E-state index is 11.6. The average molecular weight is 262 g/mol. The van der Waals surface area contributed by atoms with Gasteiger partial charge in [-0.2, -0.15) is 0 Å². The fourth-order valence-electron chi connectivity index (χ4n) is 1.57. The molecule has 0 N–H and O–H groups in total. The lowest BCUT2D eigenvalue weighted by Crippen LogP contribution is -2.39. The summed E-state index contributed by atoms with van der Waals surface area (Å²) in [5.41, 5.74) is -0.148. The highest BCUT2D eigenvalue weighted by Gasteiger charge is 2.31. The Morgan fingerprint density at radius 2 is 2.05 bits per heavy atom. The third-order valence-electron chi connectivity index (χ3n) is 2.58. The van der Waals surface area contributed by atoms with Crippen molar-refractivity contribution >= 4 is 13.8 Å². The van der Waals surface area contributed by atoms with E-state index in [0.717, 1.165) is 11.3 Å². The molecule has 0 heterocycles. The summed E-state index contributed by atoms with van der Waals surface area (Å²) in [5.74, 6) is 0.928. The predicted octanol–water partition coefficient (Wildman–Crippen LogP) is 2.29. The molecule has 0 amide bonds. The first-order valence-corrected chi connectivity index (χ1v) is 6.11. The van der Waals surface area contributed by atoms with Gasteiger partial charge in [0.15, 0.2) is 5.60 Å². The number of methoxy groups -OCH3 is 1. The van der Waals surface area contributed by atoms with E-state index < -0.39 is 11.6 Å². The smallest absolute Gasteiger partial charge is 0.349 e. The molecule has 0 aliphatic heterocycles. The van der Waals surface area contributed by atoms with Crippen LogP contribution in [0.15, 0.2) is 18.2 Å². The van der Waals surface area contributed by atoms with Crippen LogP contribution >= 0.6 is 0 Å². The Labute approximate surface area is 115 Å². The zero-order valence-electron chi connectivity index (χ0n) is 11.9. The summed E-state index contributed by atoms with van der Waals surface area (Å²) in [4.78, 5) is 11.6. The van der Waals surface area contributed by atoms with Gasteiger partial charge in [-0.15, -0.1) is 0 Å². The van der Waals surface area contributed by atoms with Crippen LogP contribution in [0.1, 0.15) is 19.4 Å². The molecule has 0 aliphatic rings. The van der Waals surface area contributed by atoms with Crippen LogP contribution in [0, 0.1) is 6.92 Å². The zero-order valence-corrected chi connectivity index (χ0v) is 11.9. The average Bonchev–Trinajstić information content (AvgIpc) is 2.38. The van der Waals surface area contributed by atoms with Crippen LogP contribution in [0.4, 0.5) is 0 Å². The molecule has 0 spiro atoms. The van der Waals surface area contributed by atoms with Crippen molar-refractivity contribution in [2.45, 2.75) is 32.7 Å². The van der Waals surface area contributed by atoms with E-state index in [2.05, 4.69) is 0 Å². The molecule has 1 aromatic rings. The van der Waals surface area contributed by atoms with Gasteiger partial charge in [0.05, 0.1) is 21.6 Å². The Morgan fingerprint density at radius 3 is 2.58 bits per heavy atom. The van der Waals surface area contributed by atoms with Gasteiger partial charge in [0.1, 0.15) is 11.5 Å². The van der Waals surface area contributed by atoms with E-state index in [9.17, 15) is 4.79 Å². The van der Waals surface area contributed by atoms with Gasteiger partial charge in [-0.1, -0.05) is 6.32 Å². The monoisotopic (exact) mass is 262 g/mol. The second kappa shape index (κ2) is 6.50. The first-order chi connectivity index (χ1) is 8.90. The standard InChI is InChI=1S/C14H19BO4/c1-10-9-11(18-8-7-15)5-6-12(10)19-14(2,3)13(16)17-4/h5-6,9H,7-8H2,1-4H3. The van der Waals surface area contributed by atoms with Gasteiger partial charge in [-0.25, -0.2) is 4.79 Å². The van der Waals surface area contributed by atoms with Crippen molar-refractivity contribution in [2.24, 2.45) is 0 Å². The fourth-order valence-corrected chi connectivity index (χ4v) is 1.57. The van der Waals surface area contributed by atoms with Crippen LogP contribution in [-0.2, 0) is 9.53 Å². The summed E-state index contributed by atoms with van der Waals surface area (Å²) >= 11 is 0. The van der Waals surface area contributed by atoms with Gasteiger partial charge in [-0.05, 0) is 44.5 Å². The Bertz CT molecular complexity index is 443. The van der Waals surface area contributed by atoms with E-state index in [0.29, 0.717) is 18.7 Å². The lowest BCUT2D eigenvalue weighted by molar-refractivity contribution is -0.156. The van der Waals surface area contributed by atoms with Crippen molar-refractivity contribution in [2.75, 3.05) is 13.7 Å². The topological polar surface area (TPSA) is 44.8 Å². The number of aryl methyl sites for hydroxylation is 1. The second-order valence-corrected chi connectivity index (χ2v) is 4.67. The quantitative estimate of drug-likeness (QED) is 0.582. The molecule has 0 saturated carbocycles. The molecule has 2 radical (unpaired) electrons. The SMILES string of the molecule is [B]CCOc1ccc(OC(C)(C)C(=O)OC)c(C)c1. The number of benzene rings is 1. The van der Waals surface area contributed by atoms with Crippen molar-refractivity contribution < 1.29 is 19.0 Å². The molecule has 0 aliphatic carbocycles. The highest BCUT2D eigenvalue weighted by molar-refractivity contribution is 6.08. The first kappa shape index (κ1) is 15.4. The second-order valence-electron chi connectivity index (χ2n) is 4.67.